The number of fused-ring (bicyclic) bond motifs is 3. The number of benzene rings is 2. The van der Waals surface area contributed by atoms with Crippen LogP contribution in [-0.2, 0) is 17.6 Å². The van der Waals surface area contributed by atoms with Crippen LogP contribution in [0, 0.1) is 20.8 Å². The molecule has 0 fully saturated rings. The summed E-state index contributed by atoms with van der Waals surface area (Å²) in [5, 5.41) is 6.70. The lowest BCUT2D eigenvalue weighted by Crippen LogP contribution is -2.24. The van der Waals surface area contributed by atoms with E-state index in [0.29, 0.717) is 10.3 Å². The summed E-state index contributed by atoms with van der Waals surface area (Å²) in [6.07, 6.45) is 4.17. The molecule has 6 nitrogen and oxygen atoms in total. The van der Waals surface area contributed by atoms with Crippen LogP contribution in [0.25, 0.3) is 27.2 Å². The van der Waals surface area contributed by atoms with Gasteiger partial charge in [-0.3, -0.25) is 14.2 Å². The molecule has 1 aliphatic carbocycles. The van der Waals surface area contributed by atoms with Gasteiger partial charge in [0.25, 0.3) is 5.56 Å². The minimum atomic E-state index is -0.184. The molecular weight excluding hydrogens is 545 g/mol. The van der Waals surface area contributed by atoms with Gasteiger partial charge in [-0.2, -0.15) is 0 Å². The third-order valence-electron chi connectivity index (χ3n) is 6.98. The maximum absolute atomic E-state index is 14.0. The molecule has 2 aromatic carbocycles. The van der Waals surface area contributed by atoms with Gasteiger partial charge in [0.15, 0.2) is 10.3 Å². The van der Waals surface area contributed by atoms with Gasteiger partial charge in [-0.25, -0.2) is 9.97 Å². The molecule has 0 spiro atoms. The number of carbonyl (C=O) groups excluding carboxylic acids is 1. The number of nitrogens with zero attached hydrogens (tertiary/aromatic N) is 3. The van der Waals surface area contributed by atoms with Crippen LogP contribution in [0.5, 0.6) is 0 Å². The van der Waals surface area contributed by atoms with Crippen LogP contribution in [0.2, 0.25) is 0 Å². The first-order valence-corrected chi connectivity index (χ1v) is 15.7. The minimum absolute atomic E-state index is 0.0445. The number of anilines is 1. The highest BCUT2D eigenvalue weighted by Crippen LogP contribution is 2.35. The molecule has 1 amide bonds. The zero-order valence-electron chi connectivity index (χ0n) is 22.0. The van der Waals surface area contributed by atoms with Gasteiger partial charge < -0.3 is 5.32 Å². The SMILES string of the molecule is Cc1ccc(-c2csc(NC(=O)CSc3nc4sc5c(c4c(=O)n3-c3ccc(C)cc3C)CCCC5)n2)cc1. The van der Waals surface area contributed by atoms with E-state index in [0.717, 1.165) is 64.0 Å². The average molecular weight is 573 g/mol. The highest BCUT2D eigenvalue weighted by atomic mass is 32.2. The normalized spacial score (nSPS) is 13.0. The second-order valence-corrected chi connectivity index (χ2v) is 12.8. The smallest absolute Gasteiger partial charge is 0.267 e. The number of thioether (sulfide) groups is 1. The van der Waals surface area contributed by atoms with Gasteiger partial charge in [0.05, 0.1) is 22.5 Å². The van der Waals surface area contributed by atoms with Crippen LogP contribution >= 0.6 is 34.4 Å². The average Bonchev–Trinajstić information content (AvgIpc) is 3.53. The van der Waals surface area contributed by atoms with Crippen molar-refractivity contribution < 1.29 is 4.79 Å². The third kappa shape index (κ3) is 5.18. The number of carbonyl (C=O) groups is 1. The molecule has 1 aliphatic rings. The molecule has 5 aromatic rings. The van der Waals surface area contributed by atoms with Crippen molar-refractivity contribution in [3.8, 4) is 16.9 Å². The fourth-order valence-electron chi connectivity index (χ4n) is 5.03. The topological polar surface area (TPSA) is 76.9 Å². The van der Waals surface area contributed by atoms with Gasteiger partial charge in [0, 0.05) is 15.8 Å². The van der Waals surface area contributed by atoms with E-state index in [1.165, 1.54) is 39.1 Å². The van der Waals surface area contributed by atoms with E-state index >= 15 is 0 Å². The maximum atomic E-state index is 14.0. The molecule has 0 aliphatic heterocycles. The summed E-state index contributed by atoms with van der Waals surface area (Å²) in [4.78, 5) is 38.6. The Morgan fingerprint density at radius 3 is 2.59 bits per heavy atom. The van der Waals surface area contributed by atoms with Crippen LogP contribution in [0.1, 0.15) is 40.0 Å². The van der Waals surface area contributed by atoms with Crippen LogP contribution in [-0.4, -0.2) is 26.2 Å². The molecule has 6 rings (SSSR count). The van der Waals surface area contributed by atoms with Gasteiger partial charge >= 0.3 is 0 Å². The van der Waals surface area contributed by atoms with E-state index in [2.05, 4.69) is 16.4 Å². The number of hydrogen-bond acceptors (Lipinski definition) is 7. The molecule has 9 heteroatoms. The van der Waals surface area contributed by atoms with Crippen LogP contribution < -0.4 is 10.9 Å². The Balaban J connectivity index is 1.30. The Labute approximate surface area is 239 Å². The summed E-state index contributed by atoms with van der Waals surface area (Å²) in [7, 11) is 0. The standard InChI is InChI=1S/C30H28N4O2S3/c1-17-8-11-20(12-9-17)22-15-37-29(31-22)32-25(35)16-38-30-33-27-26(21-6-4-5-7-24(21)39-27)28(36)34(30)23-13-10-18(2)14-19(23)3/h8-15H,4-7,16H2,1-3H3,(H,31,32,35). The molecule has 0 saturated carbocycles. The quantitative estimate of drug-likeness (QED) is 0.173. The molecule has 198 valence electrons. The molecule has 1 N–H and O–H groups in total. The van der Waals surface area contributed by atoms with E-state index in [1.807, 2.05) is 62.5 Å². The number of nitrogens with one attached hydrogen (secondary N) is 1. The van der Waals surface area contributed by atoms with Gasteiger partial charge in [-0.05, 0) is 63.6 Å². The van der Waals surface area contributed by atoms with Crippen molar-refractivity contribution in [2.75, 3.05) is 11.1 Å². The Hall–Kier alpha value is -3.27. The lowest BCUT2D eigenvalue weighted by Gasteiger charge is -2.15. The number of amides is 1. The Morgan fingerprint density at radius 1 is 1.03 bits per heavy atom. The maximum Gasteiger partial charge on any atom is 0.267 e. The van der Waals surface area contributed by atoms with E-state index in [4.69, 9.17) is 4.98 Å². The summed E-state index contributed by atoms with van der Waals surface area (Å²) in [5.74, 6) is -0.0651. The van der Waals surface area contributed by atoms with Crippen molar-refractivity contribution in [1.82, 2.24) is 14.5 Å². The zero-order chi connectivity index (χ0) is 27.1. The van der Waals surface area contributed by atoms with Gasteiger partial charge in [-0.1, -0.05) is 59.3 Å². The molecule has 3 aromatic heterocycles. The van der Waals surface area contributed by atoms with Crippen LogP contribution in [0.4, 0.5) is 5.13 Å². The van der Waals surface area contributed by atoms with E-state index in [1.54, 1.807) is 15.9 Å². The molecule has 3 heterocycles. The first-order chi connectivity index (χ1) is 18.9. The first-order valence-electron chi connectivity index (χ1n) is 13.0. The fourth-order valence-corrected chi connectivity index (χ4v) is 7.87. The largest absolute Gasteiger partial charge is 0.301 e. The minimum Gasteiger partial charge on any atom is -0.301 e. The van der Waals surface area contributed by atoms with Crippen molar-refractivity contribution in [3.63, 3.8) is 0 Å². The second kappa shape index (κ2) is 10.7. The van der Waals surface area contributed by atoms with Crippen molar-refractivity contribution in [3.05, 3.63) is 85.3 Å². The lowest BCUT2D eigenvalue weighted by molar-refractivity contribution is -0.113. The molecule has 0 atom stereocenters. The summed E-state index contributed by atoms with van der Waals surface area (Å²) in [6.45, 7) is 6.10. The molecule has 0 unspecified atom stereocenters. The van der Waals surface area contributed by atoms with E-state index in [-0.39, 0.29) is 17.2 Å². The Morgan fingerprint density at radius 2 is 1.79 bits per heavy atom. The number of thiazole rings is 1. The van der Waals surface area contributed by atoms with Gasteiger partial charge in [0.1, 0.15) is 4.83 Å². The molecule has 0 saturated heterocycles. The number of rotatable bonds is 6. The lowest BCUT2D eigenvalue weighted by atomic mass is 9.97. The highest BCUT2D eigenvalue weighted by Gasteiger charge is 2.24. The second-order valence-electron chi connectivity index (χ2n) is 9.96. The zero-order valence-corrected chi connectivity index (χ0v) is 24.5. The molecule has 39 heavy (non-hydrogen) atoms. The van der Waals surface area contributed by atoms with Gasteiger partial charge in [-0.15, -0.1) is 22.7 Å². The monoisotopic (exact) mass is 572 g/mol. The fraction of sp³-hybridized carbons (Fsp3) is 0.267. The van der Waals surface area contributed by atoms with Crippen LogP contribution in [0.3, 0.4) is 0 Å². The van der Waals surface area contributed by atoms with Crippen molar-refractivity contribution in [1.29, 1.82) is 0 Å². The summed E-state index contributed by atoms with van der Waals surface area (Å²) in [6, 6.07) is 14.2. The Kier molecular flexibility index (Phi) is 7.14. The van der Waals surface area contributed by atoms with Gasteiger partial charge in [0.2, 0.25) is 5.91 Å². The summed E-state index contributed by atoms with van der Waals surface area (Å²) < 4.78 is 1.70. The number of aromatic nitrogens is 3. The summed E-state index contributed by atoms with van der Waals surface area (Å²) in [5.41, 5.74) is 7.10. The van der Waals surface area contributed by atoms with Crippen molar-refractivity contribution in [2.45, 2.75) is 51.6 Å². The van der Waals surface area contributed by atoms with Crippen LogP contribution in [0.15, 0.2) is 57.8 Å². The molecule has 0 bridgehead atoms. The Bertz CT molecular complexity index is 1770. The van der Waals surface area contributed by atoms with E-state index in [9.17, 15) is 9.59 Å². The molecular formula is C30H28N4O2S3. The third-order valence-corrected chi connectivity index (χ3v) is 9.86. The number of aryl methyl sites for hydroxylation is 5. The van der Waals surface area contributed by atoms with Crippen molar-refractivity contribution in [2.24, 2.45) is 0 Å². The number of thiophene rings is 1. The number of hydrogen-bond donors (Lipinski definition) is 1. The first kappa shape index (κ1) is 26.0. The summed E-state index contributed by atoms with van der Waals surface area (Å²) >= 11 is 4.32. The highest BCUT2D eigenvalue weighted by molar-refractivity contribution is 7.99. The predicted octanol–water partition coefficient (Wildman–Crippen LogP) is 7.11. The molecule has 0 radical (unpaired) electrons. The van der Waals surface area contributed by atoms with Crippen molar-refractivity contribution >= 4 is 55.7 Å². The van der Waals surface area contributed by atoms with E-state index < -0.39 is 0 Å². The predicted molar refractivity (Wildman–Crippen MR) is 163 cm³/mol.